The minimum atomic E-state index is 0.0762. The zero-order chi connectivity index (χ0) is 18.8. The molecule has 142 valence electrons. The summed E-state index contributed by atoms with van der Waals surface area (Å²) in [4.78, 5) is 5.91. The van der Waals surface area contributed by atoms with E-state index in [1.807, 2.05) is 18.2 Å². The quantitative estimate of drug-likeness (QED) is 0.780. The Morgan fingerprint density at radius 1 is 1.04 bits per heavy atom. The van der Waals surface area contributed by atoms with Crippen LogP contribution in [-0.4, -0.2) is 54.6 Å². The molecule has 2 atom stereocenters. The molecular weight excluding hydrogens is 374 g/mol. The fraction of sp³-hybridized carbons (Fsp3) is 0.409. The summed E-state index contributed by atoms with van der Waals surface area (Å²) in [6.45, 7) is 5.70. The minimum absolute atomic E-state index is 0.0762. The van der Waals surface area contributed by atoms with Gasteiger partial charge in [-0.25, -0.2) is 0 Å². The van der Waals surface area contributed by atoms with Crippen molar-refractivity contribution in [3.63, 3.8) is 0 Å². The van der Waals surface area contributed by atoms with E-state index in [1.54, 1.807) is 0 Å². The van der Waals surface area contributed by atoms with Crippen LogP contribution in [0.5, 0.6) is 0 Å². The van der Waals surface area contributed by atoms with Gasteiger partial charge in [-0.15, -0.1) is 0 Å². The monoisotopic (exact) mass is 399 g/mol. The van der Waals surface area contributed by atoms with Gasteiger partial charge < -0.3 is 15.1 Å². The Kier molecular flexibility index (Phi) is 5.79. The number of rotatable bonds is 4. The summed E-state index contributed by atoms with van der Waals surface area (Å²) in [7, 11) is 2.20. The molecule has 5 heteroatoms. The standard InChI is InChI=1S/C22H26ClN3S/c1-25-11-13-26(14-12-25)10-9-20-18-7-2-3-8-19(18)21(24-22(20)27)16-5-4-6-17(23)15-16/h2-8,15,20-21H,9-14H2,1H3,(H,24,27). The van der Waals surface area contributed by atoms with Crippen LogP contribution in [0.3, 0.4) is 0 Å². The summed E-state index contributed by atoms with van der Waals surface area (Å²) < 4.78 is 0. The molecule has 3 nitrogen and oxygen atoms in total. The predicted octanol–water partition coefficient (Wildman–Crippen LogP) is 4.08. The Morgan fingerprint density at radius 2 is 1.78 bits per heavy atom. The number of fused-ring (bicyclic) bond motifs is 1. The maximum atomic E-state index is 6.23. The molecule has 0 amide bonds. The molecule has 4 rings (SSSR count). The number of nitrogens with one attached hydrogen (secondary N) is 1. The van der Waals surface area contributed by atoms with Crippen molar-refractivity contribution < 1.29 is 0 Å². The van der Waals surface area contributed by atoms with Crippen molar-refractivity contribution in [1.29, 1.82) is 0 Å². The van der Waals surface area contributed by atoms with Crippen LogP contribution in [0.15, 0.2) is 48.5 Å². The van der Waals surface area contributed by atoms with Gasteiger partial charge in [-0.1, -0.05) is 60.2 Å². The molecule has 2 unspecified atom stereocenters. The normalized spacial score (nSPS) is 23.7. The van der Waals surface area contributed by atoms with Crippen LogP contribution in [0.1, 0.15) is 35.1 Å². The molecule has 2 aromatic carbocycles. The average molecular weight is 400 g/mol. The summed E-state index contributed by atoms with van der Waals surface area (Å²) in [5, 5.41) is 4.37. The van der Waals surface area contributed by atoms with Crippen LogP contribution < -0.4 is 5.32 Å². The van der Waals surface area contributed by atoms with E-state index in [0.29, 0.717) is 0 Å². The van der Waals surface area contributed by atoms with Crippen molar-refractivity contribution in [3.8, 4) is 0 Å². The highest BCUT2D eigenvalue weighted by molar-refractivity contribution is 7.80. The highest BCUT2D eigenvalue weighted by Gasteiger charge is 2.31. The molecule has 0 spiro atoms. The third kappa shape index (κ3) is 4.19. The van der Waals surface area contributed by atoms with Crippen LogP contribution in [0, 0.1) is 0 Å². The van der Waals surface area contributed by atoms with Gasteiger partial charge in [0.05, 0.1) is 11.0 Å². The molecule has 2 aliphatic rings. The van der Waals surface area contributed by atoms with Gasteiger partial charge in [-0.2, -0.15) is 0 Å². The summed E-state index contributed by atoms with van der Waals surface area (Å²) in [6, 6.07) is 16.9. The lowest BCUT2D eigenvalue weighted by Crippen LogP contribution is -2.45. The SMILES string of the molecule is CN1CCN(CCC2C(=S)NC(c3cccc(Cl)c3)c3ccccc32)CC1. The van der Waals surface area contributed by atoms with Crippen LogP contribution in [0.4, 0.5) is 0 Å². The second kappa shape index (κ2) is 8.27. The molecule has 2 aromatic rings. The maximum absolute atomic E-state index is 6.23. The molecule has 0 radical (unpaired) electrons. The van der Waals surface area contributed by atoms with Gasteiger partial charge in [0.15, 0.2) is 0 Å². The number of piperazine rings is 1. The molecule has 1 saturated heterocycles. The third-order valence-corrected chi connectivity index (χ3v) is 6.43. The summed E-state index contributed by atoms with van der Waals surface area (Å²) in [6.07, 6.45) is 1.06. The Labute approximate surface area is 172 Å². The zero-order valence-electron chi connectivity index (χ0n) is 15.7. The fourth-order valence-corrected chi connectivity index (χ4v) is 4.73. The molecule has 0 aliphatic carbocycles. The molecule has 0 bridgehead atoms. The van der Waals surface area contributed by atoms with Crippen molar-refractivity contribution in [3.05, 3.63) is 70.2 Å². The van der Waals surface area contributed by atoms with E-state index in [-0.39, 0.29) is 12.0 Å². The topological polar surface area (TPSA) is 18.5 Å². The van der Waals surface area contributed by atoms with E-state index in [4.69, 9.17) is 23.8 Å². The predicted molar refractivity (Wildman–Crippen MR) is 117 cm³/mol. The van der Waals surface area contributed by atoms with Gasteiger partial charge in [-0.3, -0.25) is 0 Å². The van der Waals surface area contributed by atoms with E-state index in [1.165, 1.54) is 11.1 Å². The molecule has 2 heterocycles. The van der Waals surface area contributed by atoms with Crippen molar-refractivity contribution in [2.24, 2.45) is 0 Å². The van der Waals surface area contributed by atoms with Crippen molar-refractivity contribution in [2.75, 3.05) is 39.8 Å². The van der Waals surface area contributed by atoms with E-state index < -0.39 is 0 Å². The van der Waals surface area contributed by atoms with E-state index in [9.17, 15) is 0 Å². The zero-order valence-corrected chi connectivity index (χ0v) is 17.3. The van der Waals surface area contributed by atoms with E-state index in [2.05, 4.69) is 52.5 Å². The third-order valence-electron chi connectivity index (χ3n) is 5.80. The molecule has 2 aliphatic heterocycles. The highest BCUT2D eigenvalue weighted by Crippen LogP contribution is 2.37. The summed E-state index contributed by atoms with van der Waals surface area (Å²) in [5.41, 5.74) is 3.84. The molecule has 0 aromatic heterocycles. The number of thiocarbonyl (C=S) groups is 1. The molecular formula is C22H26ClN3S. The van der Waals surface area contributed by atoms with Gasteiger partial charge in [0.1, 0.15) is 0 Å². The number of likely N-dealkylation sites (N-methyl/N-ethyl adjacent to an activating group) is 1. The Balaban J connectivity index is 1.55. The lowest BCUT2D eigenvalue weighted by molar-refractivity contribution is 0.152. The Bertz CT molecular complexity index is 817. The number of hydrogen-bond donors (Lipinski definition) is 1. The van der Waals surface area contributed by atoms with E-state index in [0.717, 1.165) is 54.7 Å². The maximum Gasteiger partial charge on any atom is 0.0837 e. The van der Waals surface area contributed by atoms with Gasteiger partial charge in [0, 0.05) is 37.1 Å². The van der Waals surface area contributed by atoms with Gasteiger partial charge in [0.2, 0.25) is 0 Å². The summed E-state index contributed by atoms with van der Waals surface area (Å²) >= 11 is 12.1. The van der Waals surface area contributed by atoms with Crippen LogP contribution in [0.25, 0.3) is 0 Å². The number of benzene rings is 2. The lowest BCUT2D eigenvalue weighted by Gasteiger charge is -2.37. The van der Waals surface area contributed by atoms with Crippen LogP contribution >= 0.6 is 23.8 Å². The van der Waals surface area contributed by atoms with Gasteiger partial charge in [0.25, 0.3) is 0 Å². The second-order valence-electron chi connectivity index (χ2n) is 7.61. The van der Waals surface area contributed by atoms with Crippen molar-refractivity contribution in [1.82, 2.24) is 15.1 Å². The van der Waals surface area contributed by atoms with Gasteiger partial charge >= 0.3 is 0 Å². The fourth-order valence-electron chi connectivity index (χ4n) is 4.17. The van der Waals surface area contributed by atoms with Crippen LogP contribution in [-0.2, 0) is 0 Å². The average Bonchev–Trinajstić information content (AvgIpc) is 2.68. The largest absolute Gasteiger partial charge is 0.368 e. The lowest BCUT2D eigenvalue weighted by atomic mass is 9.82. The second-order valence-corrected chi connectivity index (χ2v) is 8.49. The Hall–Kier alpha value is -1.46. The summed E-state index contributed by atoms with van der Waals surface area (Å²) in [5.74, 6) is 0.284. The first kappa shape index (κ1) is 18.9. The van der Waals surface area contributed by atoms with Crippen molar-refractivity contribution in [2.45, 2.75) is 18.4 Å². The van der Waals surface area contributed by atoms with Crippen molar-refractivity contribution >= 4 is 28.8 Å². The minimum Gasteiger partial charge on any atom is -0.368 e. The molecule has 1 fully saturated rings. The van der Waals surface area contributed by atoms with Crippen LogP contribution in [0.2, 0.25) is 5.02 Å². The number of halogens is 1. The van der Waals surface area contributed by atoms with Gasteiger partial charge in [-0.05, 0) is 48.8 Å². The smallest absolute Gasteiger partial charge is 0.0837 e. The number of hydrogen-bond acceptors (Lipinski definition) is 3. The van der Waals surface area contributed by atoms with E-state index >= 15 is 0 Å². The first-order chi connectivity index (χ1) is 13.1. The highest BCUT2D eigenvalue weighted by atomic mass is 35.5. The molecule has 0 saturated carbocycles. The first-order valence-corrected chi connectivity index (χ1v) is 10.5. The Morgan fingerprint density at radius 3 is 2.52 bits per heavy atom. The molecule has 1 N–H and O–H groups in total. The molecule has 27 heavy (non-hydrogen) atoms. The first-order valence-electron chi connectivity index (χ1n) is 9.67. The number of nitrogens with zero attached hydrogens (tertiary/aromatic N) is 2.